The summed E-state index contributed by atoms with van der Waals surface area (Å²) < 4.78 is 5.77. The van der Waals surface area contributed by atoms with E-state index < -0.39 is 0 Å². The number of rotatable bonds is 9. The van der Waals surface area contributed by atoms with Crippen molar-refractivity contribution in [3.63, 3.8) is 0 Å². The summed E-state index contributed by atoms with van der Waals surface area (Å²) >= 11 is 0. The maximum Gasteiger partial charge on any atom is 0.407 e. The zero-order chi connectivity index (χ0) is 25.2. The molecule has 1 amide bonds. The number of carbonyl (C=O) groups excluding carboxylic acids is 1. The highest BCUT2D eigenvalue weighted by Gasteiger charge is 2.59. The minimum Gasteiger partial charge on any atom is -0.446 e. The quantitative estimate of drug-likeness (QED) is 0.261. The van der Waals surface area contributed by atoms with Crippen LogP contribution >= 0.6 is 0 Å². The lowest BCUT2D eigenvalue weighted by Gasteiger charge is -2.58. The van der Waals surface area contributed by atoms with Crippen molar-refractivity contribution in [3.05, 3.63) is 11.6 Å². The number of allylic oxidation sites excluding steroid dienone is 1. The SMILES string of the molecule is CC(C)CCC[C@H](C)[C@@H]1CCC2C3CC=C4C[C@H](OC(=O)NCCCO)CCC4(C)C3CC[C@]21C. The van der Waals surface area contributed by atoms with Crippen LogP contribution in [0.4, 0.5) is 4.79 Å². The summed E-state index contributed by atoms with van der Waals surface area (Å²) in [7, 11) is 0. The zero-order valence-electron chi connectivity index (χ0n) is 23.3. The number of aliphatic hydroxyl groups is 1. The van der Waals surface area contributed by atoms with Crippen LogP contribution in [0.3, 0.4) is 0 Å². The Morgan fingerprint density at radius 3 is 2.63 bits per heavy atom. The average molecular weight is 488 g/mol. The van der Waals surface area contributed by atoms with Crippen LogP contribution in [-0.2, 0) is 4.74 Å². The molecule has 0 bridgehead atoms. The van der Waals surface area contributed by atoms with Crippen molar-refractivity contribution in [3.8, 4) is 0 Å². The summed E-state index contributed by atoms with van der Waals surface area (Å²) in [6.45, 7) is 13.1. The van der Waals surface area contributed by atoms with E-state index >= 15 is 0 Å². The van der Waals surface area contributed by atoms with Crippen LogP contribution in [0.5, 0.6) is 0 Å². The van der Waals surface area contributed by atoms with Gasteiger partial charge in [0.15, 0.2) is 0 Å². The molecule has 2 N–H and O–H groups in total. The van der Waals surface area contributed by atoms with Crippen molar-refractivity contribution in [2.45, 2.75) is 118 Å². The molecule has 4 unspecified atom stereocenters. The maximum absolute atomic E-state index is 12.2. The van der Waals surface area contributed by atoms with Crippen LogP contribution in [0.1, 0.15) is 112 Å². The van der Waals surface area contributed by atoms with Gasteiger partial charge in [-0.3, -0.25) is 0 Å². The van der Waals surface area contributed by atoms with Crippen LogP contribution in [0.15, 0.2) is 11.6 Å². The highest BCUT2D eigenvalue weighted by molar-refractivity contribution is 5.67. The molecule has 8 atom stereocenters. The Hall–Kier alpha value is -1.03. The summed E-state index contributed by atoms with van der Waals surface area (Å²) in [6.07, 6.45) is 17.0. The number of hydrogen-bond acceptors (Lipinski definition) is 3. The summed E-state index contributed by atoms with van der Waals surface area (Å²) in [5, 5.41) is 11.7. The van der Waals surface area contributed by atoms with Crippen molar-refractivity contribution in [1.29, 1.82) is 0 Å². The number of carbonyl (C=O) groups is 1. The van der Waals surface area contributed by atoms with E-state index in [0.717, 1.165) is 54.8 Å². The normalized spacial score (nSPS) is 39.3. The molecule has 0 aromatic carbocycles. The van der Waals surface area contributed by atoms with Crippen molar-refractivity contribution >= 4 is 6.09 Å². The molecule has 3 saturated carbocycles. The van der Waals surface area contributed by atoms with E-state index in [2.05, 4.69) is 46.0 Å². The first-order valence-corrected chi connectivity index (χ1v) is 14.9. The van der Waals surface area contributed by atoms with Gasteiger partial charge in [0, 0.05) is 19.6 Å². The highest BCUT2D eigenvalue weighted by atomic mass is 16.6. The van der Waals surface area contributed by atoms with Gasteiger partial charge < -0.3 is 15.2 Å². The third-order valence-electron chi connectivity index (χ3n) is 11.1. The minimum absolute atomic E-state index is 0.00333. The number of ether oxygens (including phenoxy) is 1. The summed E-state index contributed by atoms with van der Waals surface area (Å²) in [4.78, 5) is 12.2. The molecular weight excluding hydrogens is 434 g/mol. The van der Waals surface area contributed by atoms with E-state index in [9.17, 15) is 4.79 Å². The van der Waals surface area contributed by atoms with Crippen molar-refractivity contribution in [2.75, 3.05) is 13.2 Å². The molecule has 0 aliphatic heterocycles. The lowest BCUT2D eigenvalue weighted by molar-refractivity contribution is -0.0581. The molecule has 0 spiro atoms. The van der Waals surface area contributed by atoms with Gasteiger partial charge >= 0.3 is 6.09 Å². The van der Waals surface area contributed by atoms with Gasteiger partial charge in [0.2, 0.25) is 0 Å². The summed E-state index contributed by atoms with van der Waals surface area (Å²) in [6, 6.07) is 0. The second-order valence-corrected chi connectivity index (χ2v) is 13.6. The van der Waals surface area contributed by atoms with Gasteiger partial charge in [0.05, 0.1) is 0 Å². The third-order valence-corrected chi connectivity index (χ3v) is 11.1. The molecule has 4 nitrogen and oxygen atoms in total. The Balaban J connectivity index is 1.39. The van der Waals surface area contributed by atoms with Crippen LogP contribution in [0, 0.1) is 46.3 Å². The van der Waals surface area contributed by atoms with E-state index in [-0.39, 0.29) is 18.8 Å². The Morgan fingerprint density at radius 2 is 1.89 bits per heavy atom. The van der Waals surface area contributed by atoms with E-state index in [1.165, 1.54) is 51.4 Å². The fourth-order valence-corrected chi connectivity index (χ4v) is 9.22. The van der Waals surface area contributed by atoms with Crippen molar-refractivity contribution in [1.82, 2.24) is 5.32 Å². The molecule has 0 aromatic heterocycles. The smallest absolute Gasteiger partial charge is 0.407 e. The summed E-state index contributed by atoms with van der Waals surface area (Å²) in [5.74, 6) is 5.13. The van der Waals surface area contributed by atoms with Crippen molar-refractivity contribution < 1.29 is 14.6 Å². The number of alkyl carbamates (subject to hydrolysis) is 1. The van der Waals surface area contributed by atoms with Gasteiger partial charge in [-0.25, -0.2) is 4.79 Å². The van der Waals surface area contributed by atoms with Gasteiger partial charge in [0.25, 0.3) is 0 Å². The summed E-state index contributed by atoms with van der Waals surface area (Å²) in [5.41, 5.74) is 2.39. The zero-order valence-corrected chi connectivity index (χ0v) is 23.3. The average Bonchev–Trinajstić information content (AvgIpc) is 3.16. The Bertz CT molecular complexity index is 762. The Kier molecular flexibility index (Phi) is 8.61. The number of nitrogens with one attached hydrogen (secondary N) is 1. The molecule has 4 heteroatoms. The molecule has 3 fully saturated rings. The van der Waals surface area contributed by atoms with Crippen LogP contribution < -0.4 is 5.32 Å². The van der Waals surface area contributed by atoms with E-state index in [4.69, 9.17) is 9.84 Å². The first kappa shape index (κ1) is 27.0. The fourth-order valence-electron chi connectivity index (χ4n) is 9.22. The third kappa shape index (κ3) is 5.48. The van der Waals surface area contributed by atoms with Gasteiger partial charge in [-0.1, -0.05) is 65.5 Å². The molecule has 200 valence electrons. The lowest BCUT2D eigenvalue weighted by Crippen LogP contribution is -2.51. The number of fused-ring (bicyclic) bond motifs is 5. The fraction of sp³-hybridized carbons (Fsp3) is 0.903. The number of aliphatic hydroxyl groups excluding tert-OH is 1. The van der Waals surface area contributed by atoms with Crippen molar-refractivity contribution in [2.24, 2.45) is 46.3 Å². The molecule has 0 saturated heterocycles. The van der Waals surface area contributed by atoms with Gasteiger partial charge in [0.1, 0.15) is 6.10 Å². The lowest BCUT2D eigenvalue weighted by atomic mass is 9.47. The maximum atomic E-state index is 12.2. The predicted molar refractivity (Wildman–Crippen MR) is 143 cm³/mol. The number of hydrogen-bond donors (Lipinski definition) is 2. The molecule has 4 aliphatic carbocycles. The van der Waals surface area contributed by atoms with Gasteiger partial charge in [-0.2, -0.15) is 0 Å². The van der Waals surface area contributed by atoms with E-state index in [0.29, 0.717) is 23.8 Å². The monoisotopic (exact) mass is 487 g/mol. The Morgan fingerprint density at radius 1 is 1.09 bits per heavy atom. The van der Waals surface area contributed by atoms with E-state index in [1.807, 2.05) is 0 Å². The molecule has 4 aliphatic rings. The van der Waals surface area contributed by atoms with Crippen LogP contribution in [0.2, 0.25) is 0 Å². The first-order chi connectivity index (χ1) is 16.7. The highest BCUT2D eigenvalue weighted by Crippen LogP contribution is 2.67. The van der Waals surface area contributed by atoms with E-state index in [1.54, 1.807) is 5.57 Å². The van der Waals surface area contributed by atoms with Gasteiger partial charge in [-0.15, -0.1) is 0 Å². The predicted octanol–water partition coefficient (Wildman–Crippen LogP) is 7.51. The molecule has 0 radical (unpaired) electrons. The number of amides is 1. The first-order valence-electron chi connectivity index (χ1n) is 14.9. The molecule has 4 rings (SSSR count). The second kappa shape index (κ2) is 11.2. The standard InChI is InChI=1S/C31H53NO3/c1-21(2)8-6-9-22(3)26-12-13-27-25-11-10-23-20-24(35-29(34)32-18-7-19-33)14-16-30(23,4)28(25)15-17-31(26,27)5/h10,21-22,24-28,33H,6-9,11-20H2,1-5H3,(H,32,34)/t22-,24+,25?,26-,27?,28?,30?,31-/m0/s1. The minimum atomic E-state index is -0.325. The Labute approximate surface area is 215 Å². The van der Waals surface area contributed by atoms with Crippen LogP contribution in [-0.4, -0.2) is 30.5 Å². The van der Waals surface area contributed by atoms with Gasteiger partial charge in [-0.05, 0) is 97.7 Å². The molecule has 0 aromatic rings. The largest absolute Gasteiger partial charge is 0.446 e. The molecular formula is C31H53NO3. The second-order valence-electron chi connectivity index (χ2n) is 13.6. The topological polar surface area (TPSA) is 58.6 Å². The molecule has 35 heavy (non-hydrogen) atoms. The molecule has 0 heterocycles. The van der Waals surface area contributed by atoms with Crippen LogP contribution in [0.25, 0.3) is 0 Å².